The molecule has 0 aromatic carbocycles. The number of nitrogens with two attached hydrogens (primary N) is 2. The van der Waals surface area contributed by atoms with Crippen LogP contribution in [0.5, 0.6) is 0 Å². The SMILES string of the molecule is CC(C)[C@@H](N)C(=O)N[C@H](CC(N)=O)C(=O)O. The third kappa shape index (κ3) is 4.74. The highest BCUT2D eigenvalue weighted by Crippen LogP contribution is 2.00. The molecule has 6 N–H and O–H groups in total. The van der Waals surface area contributed by atoms with Gasteiger partial charge in [-0.25, -0.2) is 4.79 Å². The van der Waals surface area contributed by atoms with E-state index in [-0.39, 0.29) is 5.92 Å². The number of primary amides is 1. The first kappa shape index (κ1) is 14.4. The quantitative estimate of drug-likeness (QED) is 0.437. The van der Waals surface area contributed by atoms with Gasteiger partial charge in [0.1, 0.15) is 6.04 Å². The van der Waals surface area contributed by atoms with Gasteiger partial charge in [-0.05, 0) is 5.92 Å². The number of carboxylic acid groups (broad SMARTS) is 1. The van der Waals surface area contributed by atoms with Gasteiger partial charge in [-0.3, -0.25) is 9.59 Å². The first-order valence-corrected chi connectivity index (χ1v) is 4.82. The highest BCUT2D eigenvalue weighted by molar-refractivity contribution is 5.90. The Balaban J connectivity index is 4.46. The minimum atomic E-state index is -1.32. The van der Waals surface area contributed by atoms with Crippen molar-refractivity contribution in [2.24, 2.45) is 17.4 Å². The van der Waals surface area contributed by atoms with E-state index in [1.807, 2.05) is 0 Å². The fourth-order valence-electron chi connectivity index (χ4n) is 0.972. The molecular weight excluding hydrogens is 214 g/mol. The van der Waals surface area contributed by atoms with Gasteiger partial charge in [0.25, 0.3) is 0 Å². The van der Waals surface area contributed by atoms with Crippen LogP contribution in [0.4, 0.5) is 0 Å². The van der Waals surface area contributed by atoms with Gasteiger partial charge in [0.05, 0.1) is 12.5 Å². The normalized spacial score (nSPS) is 14.2. The molecule has 0 unspecified atom stereocenters. The largest absolute Gasteiger partial charge is 0.480 e. The van der Waals surface area contributed by atoms with Crippen molar-refractivity contribution < 1.29 is 19.5 Å². The number of carboxylic acids is 1. The maximum atomic E-state index is 11.4. The Hall–Kier alpha value is -1.63. The van der Waals surface area contributed by atoms with Gasteiger partial charge in [-0.1, -0.05) is 13.8 Å². The second-order valence-corrected chi connectivity index (χ2v) is 3.84. The summed E-state index contributed by atoms with van der Waals surface area (Å²) < 4.78 is 0. The molecular formula is C9H17N3O4. The Bertz CT molecular complexity index is 290. The average molecular weight is 231 g/mol. The summed E-state index contributed by atoms with van der Waals surface area (Å²) in [6, 6.07) is -2.13. The van der Waals surface area contributed by atoms with Crippen molar-refractivity contribution in [3.05, 3.63) is 0 Å². The van der Waals surface area contributed by atoms with Gasteiger partial charge in [-0.15, -0.1) is 0 Å². The summed E-state index contributed by atoms with van der Waals surface area (Å²) in [5.41, 5.74) is 10.4. The lowest BCUT2D eigenvalue weighted by atomic mass is 10.0. The topological polar surface area (TPSA) is 136 Å². The maximum Gasteiger partial charge on any atom is 0.326 e. The van der Waals surface area contributed by atoms with E-state index in [1.165, 1.54) is 0 Å². The molecule has 0 aliphatic carbocycles. The standard InChI is InChI=1S/C9H17N3O4/c1-4(2)7(11)8(14)12-5(9(15)16)3-6(10)13/h4-5,7H,3,11H2,1-2H3,(H2,10,13)(H,12,14)(H,15,16)/t5-,7-/m1/s1. The first-order valence-electron chi connectivity index (χ1n) is 4.82. The van der Waals surface area contributed by atoms with E-state index < -0.39 is 36.3 Å². The smallest absolute Gasteiger partial charge is 0.326 e. The molecule has 0 rings (SSSR count). The van der Waals surface area contributed by atoms with Crippen molar-refractivity contribution in [1.29, 1.82) is 0 Å². The van der Waals surface area contributed by atoms with Crippen molar-refractivity contribution >= 4 is 17.8 Å². The molecule has 0 spiro atoms. The van der Waals surface area contributed by atoms with Crippen LogP contribution in [-0.2, 0) is 14.4 Å². The van der Waals surface area contributed by atoms with Gasteiger partial charge in [0, 0.05) is 0 Å². The molecule has 0 saturated carbocycles. The Morgan fingerprint density at radius 1 is 1.31 bits per heavy atom. The van der Waals surface area contributed by atoms with Crippen LogP contribution in [0.3, 0.4) is 0 Å². The molecule has 0 heterocycles. The predicted molar refractivity (Wildman–Crippen MR) is 56.2 cm³/mol. The summed E-state index contributed by atoms with van der Waals surface area (Å²) in [5.74, 6) is -2.85. The first-order chi connectivity index (χ1) is 7.25. The minimum Gasteiger partial charge on any atom is -0.480 e. The molecule has 0 fully saturated rings. The van der Waals surface area contributed by atoms with E-state index in [9.17, 15) is 14.4 Å². The van der Waals surface area contributed by atoms with Gasteiger partial charge < -0.3 is 21.9 Å². The molecule has 0 bridgehead atoms. The molecule has 2 amide bonds. The third-order valence-corrected chi connectivity index (χ3v) is 2.04. The number of amides is 2. The van der Waals surface area contributed by atoms with Gasteiger partial charge in [0.15, 0.2) is 0 Å². The van der Waals surface area contributed by atoms with Crippen LogP contribution in [0, 0.1) is 5.92 Å². The Morgan fingerprint density at radius 3 is 2.12 bits per heavy atom. The zero-order valence-electron chi connectivity index (χ0n) is 9.27. The number of carbonyl (C=O) groups excluding carboxylic acids is 2. The van der Waals surface area contributed by atoms with Gasteiger partial charge in [-0.2, -0.15) is 0 Å². The predicted octanol–water partition coefficient (Wildman–Crippen LogP) is -1.59. The van der Waals surface area contributed by atoms with Crippen LogP contribution in [0.25, 0.3) is 0 Å². The minimum absolute atomic E-state index is 0.122. The van der Waals surface area contributed by atoms with Crippen molar-refractivity contribution in [1.82, 2.24) is 5.32 Å². The number of nitrogens with one attached hydrogen (secondary N) is 1. The van der Waals surface area contributed by atoms with E-state index in [4.69, 9.17) is 16.6 Å². The fraction of sp³-hybridized carbons (Fsp3) is 0.667. The molecule has 0 saturated heterocycles. The van der Waals surface area contributed by atoms with Crippen LogP contribution >= 0.6 is 0 Å². The molecule has 0 aromatic heterocycles. The highest BCUT2D eigenvalue weighted by atomic mass is 16.4. The molecule has 7 heteroatoms. The van der Waals surface area contributed by atoms with E-state index in [2.05, 4.69) is 5.32 Å². The summed E-state index contributed by atoms with van der Waals surface area (Å²) in [4.78, 5) is 32.7. The van der Waals surface area contributed by atoms with E-state index in [0.29, 0.717) is 0 Å². The lowest BCUT2D eigenvalue weighted by Crippen LogP contribution is -2.51. The fourth-order valence-corrected chi connectivity index (χ4v) is 0.972. The Kier molecular flexibility index (Phi) is 5.44. The molecule has 92 valence electrons. The molecule has 0 aromatic rings. The number of carbonyl (C=O) groups is 3. The van der Waals surface area contributed by atoms with E-state index >= 15 is 0 Å². The van der Waals surface area contributed by atoms with Crippen LogP contribution in [0.1, 0.15) is 20.3 Å². The Morgan fingerprint density at radius 2 is 1.81 bits per heavy atom. The summed E-state index contributed by atoms with van der Waals surface area (Å²) in [5, 5.41) is 10.9. The van der Waals surface area contributed by atoms with Crippen LogP contribution in [-0.4, -0.2) is 35.0 Å². The van der Waals surface area contributed by atoms with Crippen molar-refractivity contribution in [3.63, 3.8) is 0 Å². The van der Waals surface area contributed by atoms with Crippen LogP contribution < -0.4 is 16.8 Å². The molecule has 0 aliphatic rings. The lowest BCUT2D eigenvalue weighted by molar-refractivity contribution is -0.143. The number of rotatable bonds is 6. The molecule has 2 atom stereocenters. The van der Waals surface area contributed by atoms with E-state index in [0.717, 1.165) is 0 Å². The summed E-state index contributed by atoms with van der Waals surface area (Å²) >= 11 is 0. The van der Waals surface area contributed by atoms with Crippen LogP contribution in [0.15, 0.2) is 0 Å². The van der Waals surface area contributed by atoms with Crippen molar-refractivity contribution in [2.75, 3.05) is 0 Å². The lowest BCUT2D eigenvalue weighted by Gasteiger charge is -2.18. The number of aliphatic carboxylic acids is 1. The Labute approximate surface area is 93.2 Å². The monoisotopic (exact) mass is 231 g/mol. The third-order valence-electron chi connectivity index (χ3n) is 2.04. The summed E-state index contributed by atoms with van der Waals surface area (Å²) in [7, 11) is 0. The van der Waals surface area contributed by atoms with Crippen LogP contribution in [0.2, 0.25) is 0 Å². The molecule has 0 aliphatic heterocycles. The summed E-state index contributed by atoms with van der Waals surface area (Å²) in [6.45, 7) is 3.46. The highest BCUT2D eigenvalue weighted by Gasteiger charge is 2.25. The molecule has 7 nitrogen and oxygen atoms in total. The van der Waals surface area contributed by atoms with Crippen molar-refractivity contribution in [2.45, 2.75) is 32.4 Å². The zero-order chi connectivity index (χ0) is 12.9. The molecule has 0 radical (unpaired) electrons. The number of hydrogen-bond donors (Lipinski definition) is 4. The average Bonchev–Trinajstić information content (AvgIpc) is 2.14. The summed E-state index contributed by atoms with van der Waals surface area (Å²) in [6.07, 6.45) is -0.452. The van der Waals surface area contributed by atoms with E-state index in [1.54, 1.807) is 13.8 Å². The second kappa shape index (κ2) is 6.06. The van der Waals surface area contributed by atoms with Gasteiger partial charge >= 0.3 is 5.97 Å². The molecule has 16 heavy (non-hydrogen) atoms. The van der Waals surface area contributed by atoms with Crippen molar-refractivity contribution in [3.8, 4) is 0 Å². The second-order valence-electron chi connectivity index (χ2n) is 3.84. The zero-order valence-corrected chi connectivity index (χ0v) is 9.27. The number of hydrogen-bond acceptors (Lipinski definition) is 4. The maximum absolute atomic E-state index is 11.4. The van der Waals surface area contributed by atoms with Gasteiger partial charge in [0.2, 0.25) is 11.8 Å².